The summed E-state index contributed by atoms with van der Waals surface area (Å²) in [7, 11) is 0. The molecular weight excluding hydrogens is 218 g/mol. The molecule has 0 bridgehead atoms. The highest BCUT2D eigenvalue weighted by atomic mass is 16.2. The largest absolute Gasteiger partial charge is 0.330 e. The van der Waals surface area contributed by atoms with Crippen LogP contribution in [-0.4, -0.2) is 18.4 Å². The molecule has 17 heavy (non-hydrogen) atoms. The Kier molecular flexibility index (Phi) is 4.66. The lowest BCUT2D eigenvalue weighted by molar-refractivity contribution is -0.119. The smallest absolute Gasteiger partial charge is 0.228 e. The quantitative estimate of drug-likeness (QED) is 0.732. The zero-order valence-corrected chi connectivity index (χ0v) is 9.99. The van der Waals surface area contributed by atoms with Crippen LogP contribution in [-0.2, 0) is 9.59 Å². The van der Waals surface area contributed by atoms with Crippen LogP contribution in [0.25, 0.3) is 0 Å². The fourth-order valence-electron chi connectivity index (χ4n) is 1.25. The molecule has 0 saturated heterocycles. The predicted molar refractivity (Wildman–Crippen MR) is 67.6 cm³/mol. The summed E-state index contributed by atoms with van der Waals surface area (Å²) in [6.45, 7) is 3.49. The van der Waals surface area contributed by atoms with Crippen LogP contribution in [0.2, 0.25) is 0 Å². The highest BCUT2D eigenvalue weighted by molar-refractivity contribution is 5.94. The molecule has 0 fully saturated rings. The van der Waals surface area contributed by atoms with Gasteiger partial charge in [-0.2, -0.15) is 0 Å². The maximum absolute atomic E-state index is 11.6. The van der Waals surface area contributed by atoms with Crippen LogP contribution in [0.1, 0.15) is 13.8 Å². The zero-order chi connectivity index (χ0) is 12.8. The monoisotopic (exact) mass is 235 g/mol. The van der Waals surface area contributed by atoms with Crippen molar-refractivity contribution in [3.05, 3.63) is 24.3 Å². The van der Waals surface area contributed by atoms with E-state index in [4.69, 9.17) is 5.73 Å². The second kappa shape index (κ2) is 6.00. The molecule has 1 unspecified atom stereocenters. The Hall–Kier alpha value is -1.88. The third-order valence-electron chi connectivity index (χ3n) is 2.25. The third kappa shape index (κ3) is 4.24. The van der Waals surface area contributed by atoms with Crippen molar-refractivity contribution in [3.63, 3.8) is 0 Å². The predicted octanol–water partition coefficient (Wildman–Crippen LogP) is 1.18. The number of carbonyl (C=O) groups excluding carboxylic acids is 2. The number of nitrogens with one attached hydrogen (secondary N) is 2. The molecule has 0 aliphatic carbocycles. The van der Waals surface area contributed by atoms with Crippen molar-refractivity contribution in [2.75, 3.05) is 17.2 Å². The molecule has 1 aromatic rings. The Bertz CT molecular complexity index is 418. The average Bonchev–Trinajstić information content (AvgIpc) is 2.27. The second-order valence-corrected chi connectivity index (χ2v) is 3.89. The van der Waals surface area contributed by atoms with Gasteiger partial charge in [-0.25, -0.2) is 0 Å². The number of rotatable bonds is 4. The Morgan fingerprint density at radius 1 is 1.29 bits per heavy atom. The summed E-state index contributed by atoms with van der Waals surface area (Å²) in [5.41, 5.74) is 6.69. The molecule has 0 radical (unpaired) electrons. The number of hydrogen-bond donors (Lipinski definition) is 3. The van der Waals surface area contributed by atoms with Crippen molar-refractivity contribution in [1.29, 1.82) is 0 Å². The maximum atomic E-state index is 11.6. The summed E-state index contributed by atoms with van der Waals surface area (Å²) in [6, 6.07) is 6.96. The van der Waals surface area contributed by atoms with Gasteiger partial charge in [0.1, 0.15) is 0 Å². The van der Waals surface area contributed by atoms with E-state index in [1.165, 1.54) is 6.92 Å². The van der Waals surface area contributed by atoms with Gasteiger partial charge in [-0.15, -0.1) is 0 Å². The lowest BCUT2D eigenvalue weighted by Crippen LogP contribution is -2.26. The Morgan fingerprint density at radius 2 is 1.88 bits per heavy atom. The van der Waals surface area contributed by atoms with E-state index in [0.29, 0.717) is 17.9 Å². The Balaban J connectivity index is 2.72. The summed E-state index contributed by atoms with van der Waals surface area (Å²) in [4.78, 5) is 22.5. The van der Waals surface area contributed by atoms with Gasteiger partial charge in [-0.3, -0.25) is 9.59 Å². The minimum absolute atomic E-state index is 0.132. The van der Waals surface area contributed by atoms with Crippen LogP contribution < -0.4 is 16.4 Å². The zero-order valence-electron chi connectivity index (χ0n) is 9.99. The van der Waals surface area contributed by atoms with E-state index < -0.39 is 0 Å². The maximum Gasteiger partial charge on any atom is 0.228 e. The fraction of sp³-hybridized carbons (Fsp3) is 0.333. The lowest BCUT2D eigenvalue weighted by atomic mass is 10.1. The number of nitrogens with two attached hydrogens (primary N) is 1. The molecule has 5 heteroatoms. The van der Waals surface area contributed by atoms with Crippen molar-refractivity contribution in [1.82, 2.24) is 0 Å². The lowest BCUT2D eigenvalue weighted by Gasteiger charge is -2.11. The van der Waals surface area contributed by atoms with Crippen LogP contribution >= 0.6 is 0 Å². The SMILES string of the molecule is CC(=O)Nc1cccc(NC(=O)C(C)CN)c1. The van der Waals surface area contributed by atoms with E-state index in [9.17, 15) is 9.59 Å². The molecule has 92 valence electrons. The molecule has 0 heterocycles. The van der Waals surface area contributed by atoms with Gasteiger partial charge >= 0.3 is 0 Å². The van der Waals surface area contributed by atoms with Crippen molar-refractivity contribution in [2.24, 2.45) is 11.7 Å². The fourth-order valence-corrected chi connectivity index (χ4v) is 1.25. The molecule has 0 aliphatic rings. The molecule has 2 amide bonds. The van der Waals surface area contributed by atoms with E-state index in [1.54, 1.807) is 31.2 Å². The summed E-state index contributed by atoms with van der Waals surface area (Å²) in [6.07, 6.45) is 0. The van der Waals surface area contributed by atoms with E-state index in [2.05, 4.69) is 10.6 Å². The minimum Gasteiger partial charge on any atom is -0.330 e. The van der Waals surface area contributed by atoms with Gasteiger partial charge in [-0.05, 0) is 18.2 Å². The van der Waals surface area contributed by atoms with Gasteiger partial charge in [0, 0.05) is 30.8 Å². The number of benzene rings is 1. The highest BCUT2D eigenvalue weighted by Gasteiger charge is 2.10. The van der Waals surface area contributed by atoms with Crippen LogP contribution in [0.15, 0.2) is 24.3 Å². The van der Waals surface area contributed by atoms with Crippen molar-refractivity contribution in [3.8, 4) is 0 Å². The molecule has 0 aliphatic heterocycles. The van der Waals surface area contributed by atoms with Gasteiger partial charge < -0.3 is 16.4 Å². The topological polar surface area (TPSA) is 84.2 Å². The van der Waals surface area contributed by atoms with Gasteiger partial charge in [0.05, 0.1) is 0 Å². The Morgan fingerprint density at radius 3 is 2.41 bits per heavy atom. The third-order valence-corrected chi connectivity index (χ3v) is 2.25. The van der Waals surface area contributed by atoms with Gasteiger partial charge in [-0.1, -0.05) is 13.0 Å². The van der Waals surface area contributed by atoms with Gasteiger partial charge in [0.25, 0.3) is 0 Å². The van der Waals surface area contributed by atoms with E-state index in [-0.39, 0.29) is 17.7 Å². The first-order chi connectivity index (χ1) is 8.02. The summed E-state index contributed by atoms with van der Waals surface area (Å²) in [5.74, 6) is -0.518. The molecular formula is C12H17N3O2. The standard InChI is InChI=1S/C12H17N3O2/c1-8(7-13)12(17)15-11-5-3-4-10(6-11)14-9(2)16/h3-6,8H,7,13H2,1-2H3,(H,14,16)(H,15,17). The number of amides is 2. The van der Waals surface area contributed by atoms with Crippen LogP contribution in [0.5, 0.6) is 0 Å². The number of carbonyl (C=O) groups is 2. The van der Waals surface area contributed by atoms with Crippen LogP contribution in [0.3, 0.4) is 0 Å². The van der Waals surface area contributed by atoms with Crippen molar-refractivity contribution >= 4 is 23.2 Å². The normalized spacial score (nSPS) is 11.7. The van der Waals surface area contributed by atoms with Crippen LogP contribution in [0.4, 0.5) is 11.4 Å². The Labute approximate surface area is 100 Å². The molecule has 5 nitrogen and oxygen atoms in total. The molecule has 4 N–H and O–H groups in total. The summed E-state index contributed by atoms with van der Waals surface area (Å²) in [5, 5.41) is 5.38. The first-order valence-corrected chi connectivity index (χ1v) is 5.41. The number of anilines is 2. The van der Waals surface area contributed by atoms with E-state index in [1.807, 2.05) is 0 Å². The molecule has 1 atom stereocenters. The van der Waals surface area contributed by atoms with E-state index in [0.717, 1.165) is 0 Å². The molecule has 1 rings (SSSR count). The first-order valence-electron chi connectivity index (χ1n) is 5.41. The number of hydrogen-bond acceptors (Lipinski definition) is 3. The average molecular weight is 235 g/mol. The first kappa shape index (κ1) is 13.2. The minimum atomic E-state index is -0.237. The molecule has 0 spiro atoms. The van der Waals surface area contributed by atoms with Gasteiger partial charge in [0.15, 0.2) is 0 Å². The van der Waals surface area contributed by atoms with Crippen molar-refractivity contribution < 1.29 is 9.59 Å². The summed E-state index contributed by atoms with van der Waals surface area (Å²) >= 11 is 0. The molecule has 0 aromatic heterocycles. The molecule has 1 aromatic carbocycles. The van der Waals surface area contributed by atoms with Crippen LogP contribution in [0, 0.1) is 5.92 Å². The van der Waals surface area contributed by atoms with E-state index >= 15 is 0 Å². The molecule has 0 saturated carbocycles. The summed E-state index contributed by atoms with van der Waals surface area (Å²) < 4.78 is 0. The van der Waals surface area contributed by atoms with Gasteiger partial charge in [0.2, 0.25) is 11.8 Å². The second-order valence-electron chi connectivity index (χ2n) is 3.89. The highest BCUT2D eigenvalue weighted by Crippen LogP contribution is 2.15. The van der Waals surface area contributed by atoms with Crippen molar-refractivity contribution in [2.45, 2.75) is 13.8 Å².